The molecule has 24 heavy (non-hydrogen) atoms. The second kappa shape index (κ2) is 5.77. The number of nitrogens with zero attached hydrogens (tertiary/aromatic N) is 1. The average molecular weight is 348 g/mol. The van der Waals surface area contributed by atoms with Crippen molar-refractivity contribution in [2.24, 2.45) is 4.36 Å². The summed E-state index contributed by atoms with van der Waals surface area (Å²) in [4.78, 5) is 23.7. The van der Waals surface area contributed by atoms with Gasteiger partial charge in [-0.25, -0.2) is 13.8 Å². The minimum absolute atomic E-state index is 0.122. The zero-order valence-electron chi connectivity index (χ0n) is 13.3. The number of carbonyl (C=O) groups excluding carboxylic acids is 2. The Balaban J connectivity index is 1.66. The van der Waals surface area contributed by atoms with Crippen LogP contribution in [0.15, 0.2) is 10.4 Å². The summed E-state index contributed by atoms with van der Waals surface area (Å²) in [6, 6.07) is 1.09. The predicted molar refractivity (Wildman–Crippen MR) is 91.5 cm³/mol. The summed E-state index contributed by atoms with van der Waals surface area (Å²) in [5, 5.41) is 5.38. The van der Waals surface area contributed by atoms with Crippen LogP contribution in [0.2, 0.25) is 0 Å². The van der Waals surface area contributed by atoms with Crippen molar-refractivity contribution in [3.63, 3.8) is 0 Å². The van der Waals surface area contributed by atoms with Gasteiger partial charge in [0.15, 0.2) is 0 Å². The van der Waals surface area contributed by atoms with E-state index in [0.29, 0.717) is 0 Å². The molecule has 1 heterocycles. The molecule has 0 aromatic heterocycles. The van der Waals surface area contributed by atoms with E-state index in [1.54, 1.807) is 0 Å². The second-order valence-corrected chi connectivity index (χ2v) is 8.53. The molecule has 0 spiro atoms. The summed E-state index contributed by atoms with van der Waals surface area (Å²) in [5.41, 5.74) is 5.89. The molecule has 0 saturated carbocycles. The highest BCUT2D eigenvalue weighted by atomic mass is 32.2. The molecule has 1 aromatic rings. The third kappa shape index (κ3) is 2.75. The van der Waals surface area contributed by atoms with Gasteiger partial charge in [0.25, 0.3) is 0 Å². The smallest absolute Gasteiger partial charge is 0.336 e. The Hall–Kier alpha value is -2.09. The monoisotopic (exact) mass is 348 g/mol. The number of urea groups is 2. The number of aryl methyl sites for hydroxylation is 2. The maximum absolute atomic E-state index is 12.5. The topological polar surface area (TPSA) is 99.7 Å². The van der Waals surface area contributed by atoms with Gasteiger partial charge in [0.1, 0.15) is 9.92 Å². The van der Waals surface area contributed by atoms with Gasteiger partial charge in [-0.1, -0.05) is 6.07 Å². The van der Waals surface area contributed by atoms with Crippen LogP contribution in [0.25, 0.3) is 0 Å². The Morgan fingerprint density at radius 3 is 2.42 bits per heavy atom. The number of anilines is 1. The Kier molecular flexibility index (Phi) is 3.71. The third-order valence-electron chi connectivity index (χ3n) is 4.85. The van der Waals surface area contributed by atoms with Crippen LogP contribution in [0, 0.1) is 0 Å². The number of carbonyl (C=O) groups is 2. The Morgan fingerprint density at radius 1 is 1.12 bits per heavy atom. The van der Waals surface area contributed by atoms with Crippen LogP contribution in [0.4, 0.5) is 15.3 Å². The summed E-state index contributed by atoms with van der Waals surface area (Å²) in [6.45, 7) is 0.248. The molecule has 4 rings (SSSR count). The van der Waals surface area contributed by atoms with E-state index in [0.717, 1.165) is 44.2 Å². The van der Waals surface area contributed by atoms with E-state index in [1.165, 1.54) is 22.3 Å². The summed E-state index contributed by atoms with van der Waals surface area (Å²) in [5.74, 6) is 0.122. The fourth-order valence-electron chi connectivity index (χ4n) is 3.83. The minimum Gasteiger partial charge on any atom is -0.336 e. The first kappa shape index (κ1) is 15.4. The molecule has 0 radical (unpaired) electrons. The molecule has 4 amide bonds. The van der Waals surface area contributed by atoms with E-state index in [-0.39, 0.29) is 12.3 Å². The molecule has 1 atom stereocenters. The molecule has 1 saturated heterocycles. The van der Waals surface area contributed by atoms with Crippen LogP contribution in [0.5, 0.6) is 0 Å². The first-order valence-electron chi connectivity index (χ1n) is 8.32. The molecule has 128 valence electrons. The molecule has 1 unspecified atom stereocenters. The van der Waals surface area contributed by atoms with Gasteiger partial charge in [0.2, 0.25) is 0 Å². The van der Waals surface area contributed by atoms with Gasteiger partial charge in [-0.05, 0) is 60.8 Å². The van der Waals surface area contributed by atoms with Crippen molar-refractivity contribution in [1.82, 2.24) is 10.0 Å². The van der Waals surface area contributed by atoms with Crippen molar-refractivity contribution in [3.8, 4) is 0 Å². The van der Waals surface area contributed by atoms with Crippen molar-refractivity contribution >= 4 is 27.7 Å². The van der Waals surface area contributed by atoms with Crippen molar-refractivity contribution in [2.75, 3.05) is 17.6 Å². The van der Waals surface area contributed by atoms with E-state index in [4.69, 9.17) is 0 Å². The first-order valence-corrected chi connectivity index (χ1v) is 10.0. The normalized spacial score (nSPS) is 24.6. The molecule has 8 heteroatoms. The predicted octanol–water partition coefficient (Wildman–Crippen LogP) is 1.89. The molecule has 3 aliphatic rings. The van der Waals surface area contributed by atoms with Crippen molar-refractivity contribution < 1.29 is 13.8 Å². The lowest BCUT2D eigenvalue weighted by Gasteiger charge is -2.18. The number of rotatable bonds is 1. The van der Waals surface area contributed by atoms with E-state index < -0.39 is 22.0 Å². The summed E-state index contributed by atoms with van der Waals surface area (Å²) in [7, 11) is -3.04. The molecule has 0 bridgehead atoms. The lowest BCUT2D eigenvalue weighted by molar-refractivity contribution is 0.245. The highest BCUT2D eigenvalue weighted by Gasteiger charge is 2.26. The number of benzene rings is 1. The average Bonchev–Trinajstić information content (AvgIpc) is 3.14. The molecule has 1 aliphatic heterocycles. The summed E-state index contributed by atoms with van der Waals surface area (Å²) < 4.78 is 18.5. The number of hydrogen-bond acceptors (Lipinski definition) is 3. The molecule has 1 aromatic carbocycles. The third-order valence-corrected chi connectivity index (χ3v) is 6.57. The molecule has 3 N–H and O–H groups in total. The number of hydrogen-bond donors (Lipinski definition) is 3. The number of nitrogens with one attached hydrogen (secondary N) is 3. The zero-order chi connectivity index (χ0) is 16.7. The van der Waals surface area contributed by atoms with E-state index in [2.05, 4.69) is 25.8 Å². The fourth-order valence-corrected chi connectivity index (χ4v) is 5.13. The highest BCUT2D eigenvalue weighted by Crippen LogP contribution is 2.38. The zero-order valence-corrected chi connectivity index (χ0v) is 14.1. The Morgan fingerprint density at radius 2 is 1.79 bits per heavy atom. The van der Waals surface area contributed by atoms with Crippen LogP contribution < -0.4 is 15.4 Å². The maximum atomic E-state index is 12.5. The van der Waals surface area contributed by atoms with Gasteiger partial charge in [-0.15, -0.1) is 4.36 Å². The van der Waals surface area contributed by atoms with E-state index in [1.807, 2.05) is 0 Å². The van der Waals surface area contributed by atoms with Gasteiger partial charge in [0, 0.05) is 12.2 Å². The Bertz CT molecular complexity index is 823. The number of fused-ring (bicyclic) bond motifs is 2. The second-order valence-electron chi connectivity index (χ2n) is 6.46. The van der Waals surface area contributed by atoms with Crippen LogP contribution in [0.1, 0.15) is 35.1 Å². The lowest BCUT2D eigenvalue weighted by Crippen LogP contribution is -2.49. The lowest BCUT2D eigenvalue weighted by atomic mass is 9.99. The Labute approximate surface area is 140 Å². The molecule has 2 aliphatic carbocycles. The van der Waals surface area contributed by atoms with Crippen molar-refractivity contribution in [3.05, 3.63) is 28.3 Å². The fraction of sp³-hybridized carbons (Fsp3) is 0.500. The largest absolute Gasteiger partial charge is 0.354 e. The van der Waals surface area contributed by atoms with Crippen molar-refractivity contribution in [1.29, 1.82) is 0 Å². The first-order chi connectivity index (χ1) is 11.5. The minimum atomic E-state index is -3.04. The van der Waals surface area contributed by atoms with Gasteiger partial charge in [-0.2, -0.15) is 0 Å². The highest BCUT2D eigenvalue weighted by molar-refractivity contribution is 7.92. The van der Waals surface area contributed by atoms with Gasteiger partial charge >= 0.3 is 12.1 Å². The van der Waals surface area contributed by atoms with Gasteiger partial charge < -0.3 is 10.6 Å². The molecular formula is C16H20N4O3S. The maximum Gasteiger partial charge on any atom is 0.354 e. The SMILES string of the molecule is O=C(N=S1(=O)CCNC(=O)N1)Nc1c2c(cc3c1CCC3)CCC2. The number of amides is 4. The van der Waals surface area contributed by atoms with Gasteiger partial charge in [0.05, 0.1) is 5.75 Å². The van der Waals surface area contributed by atoms with Gasteiger partial charge in [-0.3, -0.25) is 4.72 Å². The van der Waals surface area contributed by atoms with Crippen LogP contribution in [-0.2, 0) is 35.6 Å². The molecule has 1 fully saturated rings. The van der Waals surface area contributed by atoms with Crippen LogP contribution in [0.3, 0.4) is 0 Å². The van der Waals surface area contributed by atoms with E-state index in [9.17, 15) is 13.8 Å². The summed E-state index contributed by atoms with van der Waals surface area (Å²) in [6.07, 6.45) is 6.18. The molecule has 7 nitrogen and oxygen atoms in total. The summed E-state index contributed by atoms with van der Waals surface area (Å²) >= 11 is 0. The molecular weight excluding hydrogens is 328 g/mol. The van der Waals surface area contributed by atoms with Crippen LogP contribution >= 0.6 is 0 Å². The van der Waals surface area contributed by atoms with E-state index >= 15 is 0 Å². The van der Waals surface area contributed by atoms with Crippen molar-refractivity contribution in [2.45, 2.75) is 38.5 Å². The quantitative estimate of drug-likeness (QED) is 0.722. The standard InChI is InChI=1S/C16H20N4O3S/c21-15-17-7-8-24(23,19-15)20-16(22)18-14-12-5-1-3-10(12)9-11-4-2-6-13(11)14/h9H,1-8H2,(H3,17,18,19,20,21,22,23). The van der Waals surface area contributed by atoms with Crippen LogP contribution in [-0.4, -0.2) is 28.6 Å².